The summed E-state index contributed by atoms with van der Waals surface area (Å²) < 4.78 is 6.50. The SMILES string of the molecule is [CH2]/C=C1\CCC(c2ccccc2)OC1c1ccc2ccccc2c1. The zero-order valence-corrected chi connectivity index (χ0v) is 13.7. The highest BCUT2D eigenvalue weighted by Crippen LogP contribution is 2.42. The summed E-state index contributed by atoms with van der Waals surface area (Å²) in [4.78, 5) is 0. The lowest BCUT2D eigenvalue weighted by Gasteiger charge is -2.33. The third kappa shape index (κ3) is 2.88. The van der Waals surface area contributed by atoms with Crippen molar-refractivity contribution in [1.29, 1.82) is 0 Å². The summed E-state index contributed by atoms with van der Waals surface area (Å²) in [5, 5.41) is 2.51. The molecule has 0 aliphatic carbocycles. The van der Waals surface area contributed by atoms with Crippen LogP contribution in [-0.4, -0.2) is 0 Å². The van der Waals surface area contributed by atoms with Gasteiger partial charge in [-0.2, -0.15) is 0 Å². The van der Waals surface area contributed by atoms with E-state index in [9.17, 15) is 0 Å². The van der Waals surface area contributed by atoms with Gasteiger partial charge in [-0.1, -0.05) is 72.8 Å². The Morgan fingerprint density at radius 1 is 0.833 bits per heavy atom. The second-order valence-corrected chi connectivity index (χ2v) is 6.34. The summed E-state index contributed by atoms with van der Waals surface area (Å²) in [7, 11) is 0. The van der Waals surface area contributed by atoms with Crippen LogP contribution in [-0.2, 0) is 4.74 Å². The first-order chi connectivity index (χ1) is 11.8. The lowest BCUT2D eigenvalue weighted by molar-refractivity contribution is -0.0221. The minimum atomic E-state index is -0.00828. The molecule has 0 aromatic heterocycles. The molecule has 0 spiro atoms. The first-order valence-corrected chi connectivity index (χ1v) is 8.52. The van der Waals surface area contributed by atoms with E-state index in [2.05, 4.69) is 79.7 Å². The molecule has 1 radical (unpaired) electrons. The molecule has 0 saturated carbocycles. The van der Waals surface area contributed by atoms with Crippen LogP contribution in [0.2, 0.25) is 0 Å². The van der Waals surface area contributed by atoms with Gasteiger partial charge in [0.2, 0.25) is 0 Å². The molecule has 3 aromatic rings. The molecule has 0 amide bonds. The van der Waals surface area contributed by atoms with Gasteiger partial charge >= 0.3 is 0 Å². The van der Waals surface area contributed by atoms with Gasteiger partial charge in [-0.3, -0.25) is 0 Å². The Labute approximate surface area is 143 Å². The van der Waals surface area contributed by atoms with E-state index in [-0.39, 0.29) is 12.2 Å². The van der Waals surface area contributed by atoms with Gasteiger partial charge in [0, 0.05) is 0 Å². The molecular formula is C23H21O. The Morgan fingerprint density at radius 3 is 2.38 bits per heavy atom. The van der Waals surface area contributed by atoms with E-state index in [1.807, 2.05) is 6.08 Å². The van der Waals surface area contributed by atoms with Crippen LogP contribution in [0.15, 0.2) is 84.4 Å². The molecule has 1 aliphatic rings. The number of fused-ring (bicyclic) bond motifs is 1. The van der Waals surface area contributed by atoms with Crippen molar-refractivity contribution in [2.24, 2.45) is 0 Å². The van der Waals surface area contributed by atoms with Gasteiger partial charge in [0.05, 0.1) is 6.10 Å². The minimum absolute atomic E-state index is 0.00828. The summed E-state index contributed by atoms with van der Waals surface area (Å²) in [6.45, 7) is 4.00. The summed E-state index contributed by atoms with van der Waals surface area (Å²) >= 11 is 0. The second-order valence-electron chi connectivity index (χ2n) is 6.34. The molecule has 1 heterocycles. The molecular weight excluding hydrogens is 292 g/mol. The maximum atomic E-state index is 6.50. The van der Waals surface area contributed by atoms with E-state index in [4.69, 9.17) is 4.74 Å². The van der Waals surface area contributed by atoms with Crippen LogP contribution in [0.3, 0.4) is 0 Å². The smallest absolute Gasteiger partial charge is 0.104 e. The van der Waals surface area contributed by atoms with E-state index in [0.717, 1.165) is 12.8 Å². The van der Waals surface area contributed by atoms with Crippen LogP contribution in [0.1, 0.15) is 36.2 Å². The third-order valence-electron chi connectivity index (χ3n) is 4.84. The number of allylic oxidation sites excluding steroid dienone is 1. The van der Waals surface area contributed by atoms with Crippen LogP contribution >= 0.6 is 0 Å². The number of rotatable bonds is 2. The van der Waals surface area contributed by atoms with E-state index in [1.165, 1.54) is 27.5 Å². The maximum Gasteiger partial charge on any atom is 0.104 e. The Morgan fingerprint density at radius 2 is 1.58 bits per heavy atom. The Hall–Kier alpha value is -2.38. The molecule has 119 valence electrons. The Balaban J connectivity index is 1.69. The molecule has 3 aromatic carbocycles. The lowest BCUT2D eigenvalue weighted by Crippen LogP contribution is -2.18. The van der Waals surface area contributed by atoms with Gasteiger partial charge in [0.25, 0.3) is 0 Å². The molecule has 2 atom stereocenters. The van der Waals surface area contributed by atoms with Crippen molar-refractivity contribution in [2.75, 3.05) is 0 Å². The van der Waals surface area contributed by atoms with E-state index < -0.39 is 0 Å². The fourth-order valence-electron chi connectivity index (χ4n) is 3.53. The van der Waals surface area contributed by atoms with Crippen molar-refractivity contribution >= 4 is 10.8 Å². The second kappa shape index (κ2) is 6.62. The van der Waals surface area contributed by atoms with Crippen molar-refractivity contribution in [3.05, 3.63) is 102 Å². The van der Waals surface area contributed by atoms with Crippen molar-refractivity contribution < 1.29 is 4.74 Å². The van der Waals surface area contributed by atoms with Crippen LogP contribution < -0.4 is 0 Å². The summed E-state index contributed by atoms with van der Waals surface area (Å²) in [6, 6.07) is 25.6. The highest BCUT2D eigenvalue weighted by Gasteiger charge is 2.28. The number of hydrogen-bond donors (Lipinski definition) is 0. The number of hydrogen-bond acceptors (Lipinski definition) is 1. The molecule has 1 heteroatoms. The van der Waals surface area contributed by atoms with E-state index in [0.29, 0.717) is 0 Å². The molecule has 24 heavy (non-hydrogen) atoms. The van der Waals surface area contributed by atoms with Crippen LogP contribution in [0, 0.1) is 6.92 Å². The molecule has 1 fully saturated rings. The first kappa shape index (κ1) is 15.2. The minimum Gasteiger partial charge on any atom is -0.361 e. The van der Waals surface area contributed by atoms with Gasteiger partial charge in [-0.05, 0) is 53.3 Å². The number of ether oxygens (including phenoxy) is 1. The lowest BCUT2D eigenvalue weighted by atomic mass is 9.90. The van der Waals surface area contributed by atoms with Gasteiger partial charge in [-0.25, -0.2) is 0 Å². The molecule has 1 nitrogen and oxygen atoms in total. The monoisotopic (exact) mass is 313 g/mol. The fourth-order valence-corrected chi connectivity index (χ4v) is 3.53. The molecule has 1 aliphatic heterocycles. The number of benzene rings is 3. The quantitative estimate of drug-likeness (QED) is 0.548. The molecule has 4 rings (SSSR count). The predicted octanol–water partition coefficient (Wildman–Crippen LogP) is 6.19. The standard InChI is InChI=1S/C23H21O/c1-2-17-14-15-22(19-9-4-3-5-10-19)24-23(17)21-13-12-18-8-6-7-11-20(18)16-21/h2-13,16,22-23H,1,14-15H2/b17-2+. The van der Waals surface area contributed by atoms with Crippen molar-refractivity contribution in [2.45, 2.75) is 25.0 Å². The van der Waals surface area contributed by atoms with Crippen molar-refractivity contribution in [1.82, 2.24) is 0 Å². The Kier molecular flexibility index (Phi) is 4.18. The summed E-state index contributed by atoms with van der Waals surface area (Å²) in [5.74, 6) is 0. The molecule has 0 bridgehead atoms. The highest BCUT2D eigenvalue weighted by atomic mass is 16.5. The summed E-state index contributed by atoms with van der Waals surface area (Å²) in [6.07, 6.45) is 4.15. The van der Waals surface area contributed by atoms with Crippen molar-refractivity contribution in [3.63, 3.8) is 0 Å². The Bertz CT molecular complexity index is 863. The zero-order chi connectivity index (χ0) is 16.4. The van der Waals surface area contributed by atoms with E-state index >= 15 is 0 Å². The third-order valence-corrected chi connectivity index (χ3v) is 4.84. The molecule has 2 unspecified atom stereocenters. The van der Waals surface area contributed by atoms with Gasteiger partial charge < -0.3 is 4.74 Å². The zero-order valence-electron chi connectivity index (χ0n) is 13.7. The fraction of sp³-hybridized carbons (Fsp3) is 0.174. The average molecular weight is 313 g/mol. The van der Waals surface area contributed by atoms with Gasteiger partial charge in [0.15, 0.2) is 0 Å². The normalized spacial score (nSPS) is 22.8. The highest BCUT2D eigenvalue weighted by molar-refractivity contribution is 5.83. The topological polar surface area (TPSA) is 9.23 Å². The molecule has 1 saturated heterocycles. The van der Waals surface area contributed by atoms with E-state index in [1.54, 1.807) is 0 Å². The van der Waals surface area contributed by atoms with Crippen LogP contribution in [0.5, 0.6) is 0 Å². The molecule has 0 N–H and O–H groups in total. The first-order valence-electron chi connectivity index (χ1n) is 8.52. The average Bonchev–Trinajstić information content (AvgIpc) is 2.68. The summed E-state index contributed by atoms with van der Waals surface area (Å²) in [5.41, 5.74) is 3.74. The maximum absolute atomic E-state index is 6.50. The largest absolute Gasteiger partial charge is 0.361 e. The van der Waals surface area contributed by atoms with Crippen LogP contribution in [0.4, 0.5) is 0 Å². The van der Waals surface area contributed by atoms with Gasteiger partial charge in [-0.15, -0.1) is 0 Å². The van der Waals surface area contributed by atoms with Crippen molar-refractivity contribution in [3.8, 4) is 0 Å². The predicted molar refractivity (Wildman–Crippen MR) is 99.6 cm³/mol. The van der Waals surface area contributed by atoms with Crippen LogP contribution in [0.25, 0.3) is 10.8 Å². The van der Waals surface area contributed by atoms with Gasteiger partial charge in [0.1, 0.15) is 6.10 Å².